The first-order valence-corrected chi connectivity index (χ1v) is 5.02. The summed E-state index contributed by atoms with van der Waals surface area (Å²) in [5.74, 6) is 0.825. The number of benzene rings is 1. The van der Waals surface area contributed by atoms with Crippen LogP contribution in [0.25, 0.3) is 0 Å². The molecule has 1 rings (SSSR count). The van der Waals surface area contributed by atoms with Crippen molar-refractivity contribution in [1.82, 2.24) is 0 Å². The lowest BCUT2D eigenvalue weighted by molar-refractivity contribution is 0.105. The summed E-state index contributed by atoms with van der Waals surface area (Å²) in [6.07, 6.45) is -0.725. The monoisotopic (exact) mass is 211 g/mol. The Hall–Kier alpha value is -1.26. The van der Waals surface area contributed by atoms with Gasteiger partial charge in [-0.25, -0.2) is 0 Å². The van der Waals surface area contributed by atoms with Gasteiger partial charge in [0.2, 0.25) is 0 Å². The third kappa shape index (κ3) is 4.18. The number of hydrogen-bond donors (Lipinski definition) is 3. The highest BCUT2D eigenvalue weighted by Crippen LogP contribution is 2.15. The molecule has 0 unspecified atom stereocenters. The van der Waals surface area contributed by atoms with E-state index in [-0.39, 0.29) is 6.61 Å². The third-order valence-electron chi connectivity index (χ3n) is 1.92. The van der Waals surface area contributed by atoms with Gasteiger partial charge in [0.25, 0.3) is 0 Å². The molecule has 4 heteroatoms. The maximum absolute atomic E-state index is 9.12. The molecule has 4 nitrogen and oxygen atoms in total. The molecule has 0 aliphatic carbocycles. The lowest BCUT2D eigenvalue weighted by Crippen LogP contribution is -2.22. The van der Waals surface area contributed by atoms with Crippen molar-refractivity contribution in [1.29, 1.82) is 0 Å². The SMILES string of the molecule is CCOc1ccc(NC[C@H](O)CO)cc1. The van der Waals surface area contributed by atoms with E-state index >= 15 is 0 Å². The molecule has 0 spiro atoms. The van der Waals surface area contributed by atoms with Crippen LogP contribution in [-0.4, -0.2) is 36.1 Å². The molecular formula is C11H17NO3. The minimum absolute atomic E-state index is 0.232. The molecule has 0 saturated carbocycles. The van der Waals surface area contributed by atoms with Gasteiger partial charge in [0, 0.05) is 12.2 Å². The summed E-state index contributed by atoms with van der Waals surface area (Å²) >= 11 is 0. The van der Waals surface area contributed by atoms with Gasteiger partial charge < -0.3 is 20.3 Å². The van der Waals surface area contributed by atoms with Crippen molar-refractivity contribution in [3.63, 3.8) is 0 Å². The number of nitrogens with one attached hydrogen (secondary N) is 1. The Morgan fingerprint density at radius 3 is 2.53 bits per heavy atom. The van der Waals surface area contributed by atoms with Gasteiger partial charge in [0.15, 0.2) is 0 Å². The highest BCUT2D eigenvalue weighted by molar-refractivity contribution is 5.46. The van der Waals surface area contributed by atoms with E-state index < -0.39 is 6.10 Å². The van der Waals surface area contributed by atoms with Gasteiger partial charge in [-0.2, -0.15) is 0 Å². The second-order valence-electron chi connectivity index (χ2n) is 3.17. The second kappa shape index (κ2) is 6.27. The van der Waals surface area contributed by atoms with Crippen molar-refractivity contribution in [2.24, 2.45) is 0 Å². The molecule has 0 aliphatic rings. The topological polar surface area (TPSA) is 61.7 Å². The Balaban J connectivity index is 2.42. The van der Waals surface area contributed by atoms with E-state index in [2.05, 4.69) is 5.32 Å². The lowest BCUT2D eigenvalue weighted by Gasteiger charge is -2.10. The van der Waals surface area contributed by atoms with Crippen molar-refractivity contribution < 1.29 is 14.9 Å². The van der Waals surface area contributed by atoms with Gasteiger partial charge in [0.05, 0.1) is 19.3 Å². The second-order valence-corrected chi connectivity index (χ2v) is 3.17. The fraction of sp³-hybridized carbons (Fsp3) is 0.455. The quantitative estimate of drug-likeness (QED) is 0.653. The molecule has 0 aromatic heterocycles. The Morgan fingerprint density at radius 1 is 1.33 bits per heavy atom. The zero-order chi connectivity index (χ0) is 11.1. The molecule has 0 amide bonds. The van der Waals surface area contributed by atoms with E-state index in [9.17, 15) is 0 Å². The van der Waals surface area contributed by atoms with Gasteiger partial charge in [-0.15, -0.1) is 0 Å². The van der Waals surface area contributed by atoms with E-state index in [0.717, 1.165) is 11.4 Å². The molecule has 0 fully saturated rings. The normalized spacial score (nSPS) is 12.2. The first kappa shape index (κ1) is 11.8. The average Bonchev–Trinajstić information content (AvgIpc) is 2.28. The molecule has 0 radical (unpaired) electrons. The van der Waals surface area contributed by atoms with E-state index in [1.165, 1.54) is 0 Å². The van der Waals surface area contributed by atoms with Gasteiger partial charge >= 0.3 is 0 Å². The molecule has 0 bridgehead atoms. The molecule has 1 aromatic carbocycles. The molecule has 1 atom stereocenters. The zero-order valence-electron chi connectivity index (χ0n) is 8.81. The molecule has 3 N–H and O–H groups in total. The van der Waals surface area contributed by atoms with E-state index in [1.807, 2.05) is 31.2 Å². The Bertz CT molecular complexity index is 274. The summed E-state index contributed by atoms with van der Waals surface area (Å²) in [6, 6.07) is 7.46. The highest BCUT2D eigenvalue weighted by Gasteiger charge is 2.00. The molecule has 84 valence electrons. The Kier molecular flexibility index (Phi) is 4.93. The summed E-state index contributed by atoms with van der Waals surface area (Å²) in [4.78, 5) is 0. The molecule has 15 heavy (non-hydrogen) atoms. The van der Waals surface area contributed by atoms with Gasteiger partial charge in [0.1, 0.15) is 5.75 Å². The number of aliphatic hydroxyl groups excluding tert-OH is 2. The van der Waals surface area contributed by atoms with Gasteiger partial charge in [-0.3, -0.25) is 0 Å². The first-order chi connectivity index (χ1) is 7.26. The maximum Gasteiger partial charge on any atom is 0.119 e. The van der Waals surface area contributed by atoms with Crippen molar-refractivity contribution >= 4 is 5.69 Å². The largest absolute Gasteiger partial charge is 0.494 e. The van der Waals surface area contributed by atoms with Gasteiger partial charge in [-0.1, -0.05) is 0 Å². The third-order valence-corrected chi connectivity index (χ3v) is 1.92. The summed E-state index contributed by atoms with van der Waals surface area (Å²) < 4.78 is 5.29. The fourth-order valence-corrected chi connectivity index (χ4v) is 1.14. The van der Waals surface area contributed by atoms with Crippen LogP contribution in [0.15, 0.2) is 24.3 Å². The molecule has 0 aliphatic heterocycles. The van der Waals surface area contributed by atoms with Crippen molar-refractivity contribution in [3.8, 4) is 5.75 Å². The zero-order valence-corrected chi connectivity index (χ0v) is 8.81. The van der Waals surface area contributed by atoms with Crippen LogP contribution in [0.4, 0.5) is 5.69 Å². The lowest BCUT2D eigenvalue weighted by atomic mass is 10.3. The summed E-state index contributed by atoms with van der Waals surface area (Å²) in [7, 11) is 0. The van der Waals surface area contributed by atoms with Crippen LogP contribution in [0.3, 0.4) is 0 Å². The van der Waals surface area contributed by atoms with Crippen molar-refractivity contribution in [3.05, 3.63) is 24.3 Å². The predicted octanol–water partition coefficient (Wildman–Crippen LogP) is 0.850. The van der Waals surface area contributed by atoms with Crippen molar-refractivity contribution in [2.75, 3.05) is 25.1 Å². The van der Waals surface area contributed by atoms with Gasteiger partial charge in [-0.05, 0) is 31.2 Å². The van der Waals surface area contributed by atoms with Crippen LogP contribution in [0.5, 0.6) is 5.75 Å². The molecule has 0 saturated heterocycles. The van der Waals surface area contributed by atoms with Crippen LogP contribution in [0, 0.1) is 0 Å². The molecule has 0 heterocycles. The minimum Gasteiger partial charge on any atom is -0.494 e. The smallest absolute Gasteiger partial charge is 0.119 e. The van der Waals surface area contributed by atoms with Crippen LogP contribution in [0.1, 0.15) is 6.92 Å². The van der Waals surface area contributed by atoms with E-state index in [0.29, 0.717) is 13.2 Å². The van der Waals surface area contributed by atoms with Crippen LogP contribution >= 0.6 is 0 Å². The standard InChI is InChI=1S/C11H17NO3/c1-2-15-11-5-3-9(4-6-11)12-7-10(14)8-13/h3-6,10,12-14H,2,7-8H2,1H3/t10-/m0/s1. The fourth-order valence-electron chi connectivity index (χ4n) is 1.14. The number of rotatable bonds is 6. The van der Waals surface area contributed by atoms with E-state index in [4.69, 9.17) is 14.9 Å². The number of ether oxygens (including phenoxy) is 1. The number of aliphatic hydroxyl groups is 2. The number of anilines is 1. The summed E-state index contributed by atoms with van der Waals surface area (Å²) in [6.45, 7) is 2.69. The van der Waals surface area contributed by atoms with Crippen LogP contribution < -0.4 is 10.1 Å². The predicted molar refractivity (Wildman–Crippen MR) is 59.2 cm³/mol. The first-order valence-electron chi connectivity index (χ1n) is 5.02. The molecule has 1 aromatic rings. The van der Waals surface area contributed by atoms with Crippen LogP contribution in [0.2, 0.25) is 0 Å². The van der Waals surface area contributed by atoms with E-state index in [1.54, 1.807) is 0 Å². The average molecular weight is 211 g/mol. The highest BCUT2D eigenvalue weighted by atomic mass is 16.5. The Labute approximate surface area is 89.5 Å². The van der Waals surface area contributed by atoms with Crippen molar-refractivity contribution in [2.45, 2.75) is 13.0 Å². The minimum atomic E-state index is -0.725. The Morgan fingerprint density at radius 2 is 2.00 bits per heavy atom. The number of hydrogen-bond acceptors (Lipinski definition) is 4. The maximum atomic E-state index is 9.12. The van der Waals surface area contributed by atoms with Crippen LogP contribution in [-0.2, 0) is 0 Å². The molecular weight excluding hydrogens is 194 g/mol. The summed E-state index contributed by atoms with van der Waals surface area (Å²) in [5.41, 5.74) is 0.894. The summed E-state index contributed by atoms with van der Waals surface area (Å²) in [5, 5.41) is 20.7.